The standard InChI is InChI=1S/C82H54N2/c1-2-22-59-50-64(41-38-53(59)16-1)83(78-31-13-23-54-17-5-10-28-71(54)78)65-42-46-74-76(51-65)81(62-39-44-69-60(48-62)36-34-57-20-3-8-26-67(57)69)75-47-43-66(52-77(75)82(74)63-40-45-70-61(49-63)37-35-58-21-4-9-27-68(58)70)84(79-32-14-24-55-18-6-11-29-72(55)79)80-33-15-25-56-19-7-12-30-73(56)80/h1-33,35,37-52H,34,36H2. The first-order chi connectivity index (χ1) is 41.6. The van der Waals surface area contributed by atoms with Gasteiger partial charge < -0.3 is 9.80 Å². The van der Waals surface area contributed by atoms with E-state index in [0.29, 0.717) is 0 Å². The number of nitrogens with zero attached hydrogens (tertiary/aromatic N) is 2. The maximum Gasteiger partial charge on any atom is 0.0540 e. The third kappa shape index (κ3) is 7.79. The summed E-state index contributed by atoms with van der Waals surface area (Å²) in [6.07, 6.45) is 2.00. The minimum absolute atomic E-state index is 0.983. The molecule has 16 aromatic rings. The van der Waals surface area contributed by atoms with E-state index in [0.717, 1.165) is 47.0 Å². The zero-order valence-electron chi connectivity index (χ0n) is 46.2. The van der Waals surface area contributed by atoms with Crippen LogP contribution in [0.1, 0.15) is 11.1 Å². The molecule has 1 aliphatic rings. The van der Waals surface area contributed by atoms with Gasteiger partial charge in [-0.2, -0.15) is 0 Å². The van der Waals surface area contributed by atoms with Gasteiger partial charge in [0.05, 0.1) is 17.1 Å². The lowest BCUT2D eigenvalue weighted by Gasteiger charge is -2.30. The van der Waals surface area contributed by atoms with Gasteiger partial charge in [0, 0.05) is 33.2 Å². The summed E-state index contributed by atoms with van der Waals surface area (Å²) in [6.45, 7) is 0. The second-order valence-electron chi connectivity index (χ2n) is 22.7. The molecule has 0 N–H and O–H groups in total. The zero-order valence-corrected chi connectivity index (χ0v) is 46.2. The first-order valence-electron chi connectivity index (χ1n) is 29.3. The van der Waals surface area contributed by atoms with Gasteiger partial charge in [0.25, 0.3) is 0 Å². The first-order valence-corrected chi connectivity index (χ1v) is 29.3. The molecule has 0 saturated carbocycles. The van der Waals surface area contributed by atoms with E-state index >= 15 is 0 Å². The smallest absolute Gasteiger partial charge is 0.0540 e. The van der Waals surface area contributed by atoms with Crippen LogP contribution in [0.25, 0.3) is 120 Å². The SMILES string of the molecule is c1ccc2c(c1)CCc1cc(-c3c4ccc(N(c5cccc6ccccc56)c5cccc6ccccc56)cc4c(-c4ccc5c(ccc6ccccc65)c4)c4ccc(N(c5ccc6ccccc6c5)c5cccc6ccccc56)cc34)ccc1-2. The lowest BCUT2D eigenvalue weighted by atomic mass is 9.81. The van der Waals surface area contributed by atoms with Gasteiger partial charge in [-0.15, -0.1) is 0 Å². The minimum atomic E-state index is 0.983. The average Bonchev–Trinajstić information content (AvgIpc) is 1.40. The van der Waals surface area contributed by atoms with E-state index in [1.165, 1.54) is 131 Å². The van der Waals surface area contributed by atoms with Gasteiger partial charge in [-0.3, -0.25) is 0 Å². The van der Waals surface area contributed by atoms with Gasteiger partial charge >= 0.3 is 0 Å². The van der Waals surface area contributed by atoms with E-state index in [4.69, 9.17) is 0 Å². The molecule has 2 heteroatoms. The highest BCUT2D eigenvalue weighted by Gasteiger charge is 2.26. The summed E-state index contributed by atoms with van der Waals surface area (Å²) in [5.74, 6) is 0. The van der Waals surface area contributed by atoms with Crippen molar-refractivity contribution in [2.75, 3.05) is 9.80 Å². The van der Waals surface area contributed by atoms with Crippen molar-refractivity contribution in [3.63, 3.8) is 0 Å². The molecular formula is C82H54N2. The predicted molar refractivity (Wildman–Crippen MR) is 360 cm³/mol. The third-order valence-electron chi connectivity index (χ3n) is 18.0. The Kier molecular flexibility index (Phi) is 11.1. The molecule has 16 aromatic carbocycles. The van der Waals surface area contributed by atoms with E-state index in [1.807, 2.05) is 0 Å². The second-order valence-corrected chi connectivity index (χ2v) is 22.7. The lowest BCUT2D eigenvalue weighted by molar-refractivity contribution is 0.942. The minimum Gasteiger partial charge on any atom is -0.310 e. The lowest BCUT2D eigenvalue weighted by Crippen LogP contribution is -2.11. The molecule has 392 valence electrons. The number of hydrogen-bond acceptors (Lipinski definition) is 2. The third-order valence-corrected chi connectivity index (χ3v) is 18.0. The van der Waals surface area contributed by atoms with Crippen molar-refractivity contribution >= 4 is 120 Å². The van der Waals surface area contributed by atoms with Gasteiger partial charge in [0.1, 0.15) is 0 Å². The molecule has 0 aliphatic heterocycles. The van der Waals surface area contributed by atoms with E-state index in [2.05, 4.69) is 313 Å². The Labute approximate surface area is 488 Å². The van der Waals surface area contributed by atoms with Gasteiger partial charge in [0.2, 0.25) is 0 Å². The van der Waals surface area contributed by atoms with Crippen LogP contribution < -0.4 is 9.80 Å². The quantitative estimate of drug-likeness (QED) is 0.111. The summed E-state index contributed by atoms with van der Waals surface area (Å²) in [7, 11) is 0. The number of hydrogen-bond donors (Lipinski definition) is 0. The van der Waals surface area contributed by atoms with Crippen molar-refractivity contribution in [3.05, 3.63) is 314 Å². The second kappa shape index (κ2) is 19.4. The van der Waals surface area contributed by atoms with Crippen LogP contribution in [0, 0.1) is 0 Å². The maximum absolute atomic E-state index is 2.52. The number of benzene rings is 16. The molecule has 0 spiro atoms. The molecule has 84 heavy (non-hydrogen) atoms. The fourth-order valence-electron chi connectivity index (χ4n) is 14.1. The predicted octanol–water partition coefficient (Wildman–Crippen LogP) is 23.0. The van der Waals surface area contributed by atoms with Crippen molar-refractivity contribution in [1.82, 2.24) is 0 Å². The van der Waals surface area contributed by atoms with Crippen LogP contribution in [0.2, 0.25) is 0 Å². The molecule has 0 radical (unpaired) electrons. The van der Waals surface area contributed by atoms with Crippen LogP contribution in [0.4, 0.5) is 34.1 Å². The van der Waals surface area contributed by atoms with Gasteiger partial charge in [0.15, 0.2) is 0 Å². The highest BCUT2D eigenvalue weighted by atomic mass is 15.2. The van der Waals surface area contributed by atoms with Crippen molar-refractivity contribution in [1.29, 1.82) is 0 Å². The van der Waals surface area contributed by atoms with E-state index in [1.54, 1.807) is 0 Å². The molecule has 0 bridgehead atoms. The largest absolute Gasteiger partial charge is 0.310 e. The van der Waals surface area contributed by atoms with Crippen LogP contribution in [0.15, 0.2) is 303 Å². The molecule has 0 aromatic heterocycles. The summed E-state index contributed by atoms with van der Waals surface area (Å²) in [6, 6.07) is 114. The number of aryl methyl sites for hydroxylation is 2. The van der Waals surface area contributed by atoms with E-state index < -0.39 is 0 Å². The van der Waals surface area contributed by atoms with Gasteiger partial charge in [-0.1, -0.05) is 243 Å². The maximum atomic E-state index is 2.52. The Bertz CT molecular complexity index is 5270. The Morgan fingerprint density at radius 2 is 0.607 bits per heavy atom. The highest BCUT2D eigenvalue weighted by Crippen LogP contribution is 2.51. The zero-order chi connectivity index (χ0) is 55.2. The molecular weight excluding hydrogens is 1010 g/mol. The van der Waals surface area contributed by atoms with E-state index in [-0.39, 0.29) is 0 Å². The highest BCUT2D eigenvalue weighted by molar-refractivity contribution is 6.24. The first kappa shape index (κ1) is 48.0. The topological polar surface area (TPSA) is 6.48 Å². The average molecular weight is 1070 g/mol. The van der Waals surface area contributed by atoms with Crippen molar-refractivity contribution in [2.45, 2.75) is 12.8 Å². The van der Waals surface area contributed by atoms with Crippen LogP contribution in [0.3, 0.4) is 0 Å². The fraction of sp³-hybridized carbons (Fsp3) is 0.0244. The Morgan fingerprint density at radius 1 is 0.202 bits per heavy atom. The summed E-state index contributed by atoms with van der Waals surface area (Å²) < 4.78 is 0. The monoisotopic (exact) mass is 1070 g/mol. The molecule has 0 saturated heterocycles. The Morgan fingerprint density at radius 3 is 1.25 bits per heavy atom. The fourth-order valence-corrected chi connectivity index (χ4v) is 14.1. The van der Waals surface area contributed by atoms with E-state index in [9.17, 15) is 0 Å². The van der Waals surface area contributed by atoms with Crippen LogP contribution in [-0.2, 0) is 12.8 Å². The summed E-state index contributed by atoms with van der Waals surface area (Å²) in [5.41, 5.74) is 17.0. The Balaban J connectivity index is 1.00. The summed E-state index contributed by atoms with van der Waals surface area (Å²) in [5, 5.41) is 19.4. The van der Waals surface area contributed by atoms with Crippen molar-refractivity contribution < 1.29 is 0 Å². The summed E-state index contributed by atoms with van der Waals surface area (Å²) in [4.78, 5) is 5.00. The van der Waals surface area contributed by atoms with Gasteiger partial charge in [-0.25, -0.2) is 0 Å². The Hall–Kier alpha value is -10.8. The van der Waals surface area contributed by atoms with Crippen molar-refractivity contribution in [2.24, 2.45) is 0 Å². The summed E-state index contributed by atoms with van der Waals surface area (Å²) >= 11 is 0. The normalized spacial score (nSPS) is 12.2. The molecule has 0 heterocycles. The molecule has 0 atom stereocenters. The number of fused-ring (bicyclic) bond motifs is 12. The molecule has 17 rings (SSSR count). The number of rotatable bonds is 8. The van der Waals surface area contributed by atoms with Crippen LogP contribution in [0.5, 0.6) is 0 Å². The van der Waals surface area contributed by atoms with Crippen LogP contribution >= 0.6 is 0 Å². The van der Waals surface area contributed by atoms with Crippen LogP contribution in [-0.4, -0.2) is 0 Å². The number of anilines is 6. The molecule has 1 aliphatic carbocycles. The van der Waals surface area contributed by atoms with Gasteiger partial charge in [-0.05, 0) is 188 Å². The molecule has 2 nitrogen and oxygen atoms in total. The molecule has 0 amide bonds. The van der Waals surface area contributed by atoms with Crippen molar-refractivity contribution in [3.8, 4) is 33.4 Å². The molecule has 0 unspecified atom stereocenters. The molecule has 0 fully saturated rings.